The zero-order valence-corrected chi connectivity index (χ0v) is 20.4. The highest BCUT2D eigenvalue weighted by Crippen LogP contribution is 2.39. The maximum atomic E-state index is 12.3. The van der Waals surface area contributed by atoms with Gasteiger partial charge >= 0.3 is 0 Å². The van der Waals surface area contributed by atoms with E-state index in [4.69, 9.17) is 12.2 Å². The summed E-state index contributed by atoms with van der Waals surface area (Å²) in [5.41, 5.74) is 7.80. The molecule has 4 N–H and O–H groups in total. The number of nitrogens with one attached hydrogen (secondary N) is 3. The van der Waals surface area contributed by atoms with Crippen molar-refractivity contribution in [2.45, 2.75) is 65.2 Å². The molecule has 0 aliphatic heterocycles. The Balaban J connectivity index is 1.97. The van der Waals surface area contributed by atoms with Crippen molar-refractivity contribution in [1.29, 1.82) is 0 Å². The zero-order chi connectivity index (χ0) is 24.1. The van der Waals surface area contributed by atoms with Crippen molar-refractivity contribution in [3.05, 3.63) is 64.7 Å². The van der Waals surface area contributed by atoms with Gasteiger partial charge < -0.3 is 5.11 Å². The fourth-order valence-electron chi connectivity index (χ4n) is 3.22. The van der Waals surface area contributed by atoms with Gasteiger partial charge in [-0.1, -0.05) is 71.9 Å². The van der Waals surface area contributed by atoms with Crippen molar-refractivity contribution in [2.24, 2.45) is 0 Å². The van der Waals surface area contributed by atoms with E-state index in [9.17, 15) is 14.7 Å². The number of hydrazine groups is 1. The number of aromatic hydroxyl groups is 1. The van der Waals surface area contributed by atoms with Crippen LogP contribution in [0.1, 0.15) is 75.0 Å². The van der Waals surface area contributed by atoms with Crippen molar-refractivity contribution in [2.75, 3.05) is 0 Å². The molecule has 0 spiro atoms. The number of benzene rings is 2. The second kappa shape index (κ2) is 10.1. The van der Waals surface area contributed by atoms with Gasteiger partial charge in [-0.3, -0.25) is 25.8 Å². The molecule has 0 fully saturated rings. The smallest absolute Gasteiger partial charge is 0.257 e. The van der Waals surface area contributed by atoms with Crippen LogP contribution >= 0.6 is 12.2 Å². The Morgan fingerprint density at radius 3 is 1.94 bits per heavy atom. The third-order valence-electron chi connectivity index (χ3n) is 5.00. The van der Waals surface area contributed by atoms with Gasteiger partial charge in [0, 0.05) is 12.0 Å². The maximum Gasteiger partial charge on any atom is 0.257 e. The molecule has 2 aromatic carbocycles. The summed E-state index contributed by atoms with van der Waals surface area (Å²) in [5, 5.41) is 13.4. The van der Waals surface area contributed by atoms with Gasteiger partial charge in [0.1, 0.15) is 5.75 Å². The van der Waals surface area contributed by atoms with Gasteiger partial charge in [-0.2, -0.15) is 0 Å². The van der Waals surface area contributed by atoms with E-state index in [1.54, 1.807) is 24.3 Å². The first-order chi connectivity index (χ1) is 14.8. The second-order valence-electron chi connectivity index (χ2n) is 9.86. The highest BCUT2D eigenvalue weighted by molar-refractivity contribution is 7.80. The van der Waals surface area contributed by atoms with Crippen LogP contribution in [0.4, 0.5) is 0 Å². The topological polar surface area (TPSA) is 90.5 Å². The average Bonchev–Trinajstić information content (AvgIpc) is 2.70. The molecular weight excluding hydrogens is 422 g/mol. The van der Waals surface area contributed by atoms with Crippen LogP contribution in [0.5, 0.6) is 5.75 Å². The summed E-state index contributed by atoms with van der Waals surface area (Å²) < 4.78 is 0. The van der Waals surface area contributed by atoms with E-state index in [0.717, 1.165) is 16.7 Å². The lowest BCUT2D eigenvalue weighted by atomic mass is 9.78. The third-order valence-corrected chi connectivity index (χ3v) is 5.21. The van der Waals surface area contributed by atoms with Crippen LogP contribution in [0.15, 0.2) is 42.5 Å². The molecule has 32 heavy (non-hydrogen) atoms. The maximum absolute atomic E-state index is 12.3. The van der Waals surface area contributed by atoms with Gasteiger partial charge in [0.25, 0.3) is 5.91 Å². The number of carbonyl (C=O) groups is 2. The first-order valence-corrected chi connectivity index (χ1v) is 11.0. The summed E-state index contributed by atoms with van der Waals surface area (Å²) in [6.45, 7) is 12.3. The van der Waals surface area contributed by atoms with Gasteiger partial charge in [0.15, 0.2) is 5.11 Å². The molecule has 7 heteroatoms. The van der Waals surface area contributed by atoms with Crippen molar-refractivity contribution < 1.29 is 14.7 Å². The normalized spacial score (nSPS) is 11.6. The van der Waals surface area contributed by atoms with Crippen molar-refractivity contribution in [1.82, 2.24) is 16.2 Å². The number of phenolic OH excluding ortho intramolecular Hbond substituents is 1. The molecule has 0 unspecified atom stereocenters. The van der Waals surface area contributed by atoms with Gasteiger partial charge in [-0.05, 0) is 58.3 Å². The molecule has 0 radical (unpaired) electrons. The van der Waals surface area contributed by atoms with E-state index < -0.39 is 0 Å². The number of amides is 2. The minimum absolute atomic E-state index is 0.0156. The SMILES string of the molecule is CC(C)(C)c1cc(CCC(=O)NNC(=S)NC(=O)c2ccccc2)cc(C(C)(C)C)c1O. The molecule has 0 atom stereocenters. The predicted molar refractivity (Wildman–Crippen MR) is 132 cm³/mol. The largest absolute Gasteiger partial charge is 0.507 e. The van der Waals surface area contributed by atoms with Gasteiger partial charge in [0.05, 0.1) is 0 Å². The third kappa shape index (κ3) is 7.05. The fourth-order valence-corrected chi connectivity index (χ4v) is 3.37. The summed E-state index contributed by atoms with van der Waals surface area (Å²) in [6.07, 6.45) is 0.725. The Labute approximate surface area is 195 Å². The van der Waals surface area contributed by atoms with Gasteiger partial charge in [-0.15, -0.1) is 0 Å². The van der Waals surface area contributed by atoms with Crippen LogP contribution in [0, 0.1) is 0 Å². The standard InChI is InChI=1S/C25H33N3O3S/c1-24(2,3)18-14-16(15-19(21(18)30)25(4,5)6)12-13-20(29)27-28-23(32)26-22(31)17-10-8-7-9-11-17/h7-11,14-15,30H,12-13H2,1-6H3,(H,27,29)(H2,26,28,31,32). The lowest BCUT2D eigenvalue weighted by molar-refractivity contribution is -0.121. The number of thiocarbonyl (C=S) groups is 1. The number of phenols is 1. The van der Waals surface area contributed by atoms with Gasteiger partial charge in [-0.25, -0.2) is 0 Å². The van der Waals surface area contributed by atoms with Crippen LogP contribution < -0.4 is 16.2 Å². The van der Waals surface area contributed by atoms with Crippen molar-refractivity contribution in [3.8, 4) is 5.75 Å². The summed E-state index contributed by atoms with van der Waals surface area (Å²) in [7, 11) is 0. The number of hydrogen-bond donors (Lipinski definition) is 4. The minimum atomic E-state index is -0.356. The Hall–Kier alpha value is -2.93. The van der Waals surface area contributed by atoms with Crippen LogP contribution in [-0.4, -0.2) is 22.0 Å². The molecule has 0 aliphatic carbocycles. The molecule has 172 valence electrons. The van der Waals surface area contributed by atoms with E-state index >= 15 is 0 Å². The van der Waals surface area contributed by atoms with E-state index in [1.807, 2.05) is 18.2 Å². The Bertz CT molecular complexity index is 955. The molecule has 0 saturated carbocycles. The first kappa shape index (κ1) is 25.3. The Kier molecular flexibility index (Phi) is 8.02. The van der Waals surface area contributed by atoms with E-state index in [2.05, 4.69) is 57.7 Å². The van der Waals surface area contributed by atoms with Gasteiger partial charge in [0.2, 0.25) is 5.91 Å². The summed E-state index contributed by atoms with van der Waals surface area (Å²) in [4.78, 5) is 24.4. The Morgan fingerprint density at radius 1 is 0.906 bits per heavy atom. The number of carbonyl (C=O) groups excluding carboxylic acids is 2. The summed E-state index contributed by atoms with van der Waals surface area (Å²) >= 11 is 5.07. The first-order valence-electron chi connectivity index (χ1n) is 10.6. The molecular formula is C25H33N3O3S. The summed E-state index contributed by atoms with van der Waals surface area (Å²) in [6, 6.07) is 12.6. The highest BCUT2D eigenvalue weighted by atomic mass is 32.1. The lowest BCUT2D eigenvalue weighted by Crippen LogP contribution is -2.48. The molecule has 0 aromatic heterocycles. The molecule has 0 bridgehead atoms. The number of rotatable bonds is 4. The van der Waals surface area contributed by atoms with Crippen molar-refractivity contribution >= 4 is 29.1 Å². The van der Waals surface area contributed by atoms with Crippen LogP contribution in [0.25, 0.3) is 0 Å². The van der Waals surface area contributed by atoms with Crippen LogP contribution in [-0.2, 0) is 22.0 Å². The lowest BCUT2D eigenvalue weighted by Gasteiger charge is -2.28. The molecule has 0 heterocycles. The number of aryl methyl sites for hydroxylation is 1. The van der Waals surface area contributed by atoms with E-state index in [0.29, 0.717) is 17.7 Å². The molecule has 0 aliphatic rings. The minimum Gasteiger partial charge on any atom is -0.507 e. The molecule has 2 rings (SSSR count). The fraction of sp³-hybridized carbons (Fsp3) is 0.400. The van der Waals surface area contributed by atoms with Crippen LogP contribution in [0.2, 0.25) is 0 Å². The molecule has 6 nitrogen and oxygen atoms in total. The van der Waals surface area contributed by atoms with Crippen LogP contribution in [0.3, 0.4) is 0 Å². The average molecular weight is 456 g/mol. The Morgan fingerprint density at radius 2 is 1.44 bits per heavy atom. The zero-order valence-electron chi connectivity index (χ0n) is 19.6. The molecule has 0 saturated heterocycles. The molecule has 2 amide bonds. The highest BCUT2D eigenvalue weighted by Gasteiger charge is 2.26. The second-order valence-corrected chi connectivity index (χ2v) is 10.3. The predicted octanol–water partition coefficient (Wildman–Crippen LogP) is 4.26. The van der Waals surface area contributed by atoms with Crippen molar-refractivity contribution in [3.63, 3.8) is 0 Å². The van der Waals surface area contributed by atoms with E-state index in [-0.39, 0.29) is 34.2 Å². The van der Waals surface area contributed by atoms with E-state index in [1.165, 1.54) is 0 Å². The molecule has 2 aromatic rings. The monoisotopic (exact) mass is 455 g/mol. The summed E-state index contributed by atoms with van der Waals surface area (Å²) in [5.74, 6) is -0.297. The number of hydrogen-bond acceptors (Lipinski definition) is 4. The quantitative estimate of drug-likeness (QED) is 0.409.